The van der Waals surface area contributed by atoms with Crippen molar-refractivity contribution in [3.05, 3.63) is 11.6 Å². The molecule has 0 saturated carbocycles. The lowest BCUT2D eigenvalue weighted by Crippen LogP contribution is -2.01. The summed E-state index contributed by atoms with van der Waals surface area (Å²) in [5, 5.41) is 0. The number of hydrogen-bond donors (Lipinski definition) is 1. The van der Waals surface area contributed by atoms with Gasteiger partial charge in [-0.1, -0.05) is 26.7 Å². The van der Waals surface area contributed by atoms with Crippen LogP contribution in [-0.2, 0) is 18.6 Å². The zero-order valence-electron chi connectivity index (χ0n) is 10.9. The Bertz CT molecular complexity index is 248. The maximum Gasteiger partial charge on any atom is 0.695 e. The van der Waals surface area contributed by atoms with E-state index in [0.29, 0.717) is 12.2 Å². The maximum atomic E-state index is 10.8. The average Bonchev–Trinajstić information content (AvgIpc) is 2.27. The summed E-state index contributed by atoms with van der Waals surface area (Å²) in [7, 11) is -2.61. The molecule has 1 N–H and O–H groups in total. The van der Waals surface area contributed by atoms with E-state index in [-0.39, 0.29) is 6.61 Å². The number of hydrogen-bond acceptors (Lipinski definition) is 4. The summed E-state index contributed by atoms with van der Waals surface area (Å²) in [6.07, 6.45) is 3.86. The first-order valence-corrected chi connectivity index (χ1v) is 6.73. The van der Waals surface area contributed by atoms with E-state index >= 15 is 0 Å². The summed E-state index contributed by atoms with van der Waals surface area (Å²) >= 11 is 0. The number of carbonyl (C=O) groups excluding carboxylic acids is 1. The van der Waals surface area contributed by atoms with E-state index in [0.717, 1.165) is 0 Å². The van der Waals surface area contributed by atoms with Gasteiger partial charge in [0.05, 0.1) is 6.61 Å². The van der Waals surface area contributed by atoms with Gasteiger partial charge in [0.25, 0.3) is 0 Å². The summed E-state index contributed by atoms with van der Waals surface area (Å²) in [5.74, 6) is -0.475. The smallest absolute Gasteiger partial charge is 0.463 e. The van der Waals surface area contributed by atoms with Gasteiger partial charge in [0.15, 0.2) is 0 Å². The van der Waals surface area contributed by atoms with Crippen LogP contribution in [0.3, 0.4) is 0 Å². The molecular weight excluding hydrogens is 243 g/mol. The molecular formula is C11H22O5P+. The van der Waals surface area contributed by atoms with E-state index in [2.05, 4.69) is 23.1 Å². The summed E-state index contributed by atoms with van der Waals surface area (Å²) in [6.45, 7) is 7.92. The van der Waals surface area contributed by atoms with Crippen LogP contribution in [0.25, 0.3) is 0 Å². The molecule has 0 aromatic carbocycles. The Morgan fingerprint density at radius 3 is 2.18 bits per heavy atom. The number of carbonyl (C=O) groups is 1. The molecule has 0 aromatic heterocycles. The highest BCUT2D eigenvalue weighted by Gasteiger charge is 2.11. The fraction of sp³-hybridized carbons (Fsp3) is 0.727. The fourth-order valence-corrected chi connectivity index (χ4v) is 0.898. The molecule has 0 aromatic rings. The molecule has 6 heteroatoms. The van der Waals surface area contributed by atoms with Crippen LogP contribution < -0.4 is 0 Å². The monoisotopic (exact) mass is 265 g/mol. The van der Waals surface area contributed by atoms with Crippen LogP contribution in [0.5, 0.6) is 0 Å². The van der Waals surface area contributed by atoms with Crippen LogP contribution in [0, 0.1) is 0 Å². The average molecular weight is 265 g/mol. The van der Waals surface area contributed by atoms with Crippen molar-refractivity contribution >= 4 is 14.2 Å². The highest BCUT2D eigenvalue weighted by Crippen LogP contribution is 2.15. The Kier molecular flexibility index (Phi) is 14.5. The molecule has 0 spiro atoms. The minimum absolute atomic E-state index is 0.0511. The van der Waals surface area contributed by atoms with Gasteiger partial charge in [0, 0.05) is 10.6 Å². The first-order chi connectivity index (χ1) is 7.97. The molecule has 1 atom stereocenters. The predicted octanol–water partition coefficient (Wildman–Crippen LogP) is 2.97. The second-order valence-corrected chi connectivity index (χ2v) is 3.99. The van der Waals surface area contributed by atoms with Gasteiger partial charge in [-0.05, 0) is 19.4 Å². The van der Waals surface area contributed by atoms with Crippen molar-refractivity contribution in [1.82, 2.24) is 0 Å². The van der Waals surface area contributed by atoms with Crippen molar-refractivity contribution in [1.29, 1.82) is 0 Å². The maximum absolute atomic E-state index is 10.8. The van der Waals surface area contributed by atoms with E-state index in [4.69, 9.17) is 4.89 Å². The number of ether oxygens (including phenoxy) is 1. The van der Waals surface area contributed by atoms with Crippen LogP contribution in [0.4, 0.5) is 0 Å². The number of esters is 1. The normalized spacial score (nSPS) is 11.4. The molecule has 0 saturated heterocycles. The lowest BCUT2D eigenvalue weighted by molar-refractivity contribution is -0.137. The van der Waals surface area contributed by atoms with Gasteiger partial charge in [0.2, 0.25) is 0 Å². The number of rotatable bonds is 6. The Balaban J connectivity index is 0. The molecule has 0 fully saturated rings. The molecule has 17 heavy (non-hydrogen) atoms. The van der Waals surface area contributed by atoms with Crippen molar-refractivity contribution in [2.24, 2.45) is 0 Å². The van der Waals surface area contributed by atoms with Gasteiger partial charge in [-0.3, -0.25) is 0 Å². The van der Waals surface area contributed by atoms with Crippen LogP contribution in [0.1, 0.15) is 40.5 Å². The van der Waals surface area contributed by atoms with E-state index in [1.54, 1.807) is 13.8 Å². The summed E-state index contributed by atoms with van der Waals surface area (Å²) in [6, 6.07) is 0. The highest BCUT2D eigenvalue weighted by atomic mass is 31.1. The third-order valence-electron chi connectivity index (χ3n) is 1.55. The van der Waals surface area contributed by atoms with Gasteiger partial charge >= 0.3 is 14.2 Å². The van der Waals surface area contributed by atoms with Crippen molar-refractivity contribution < 1.29 is 23.5 Å². The molecule has 100 valence electrons. The molecule has 0 aliphatic heterocycles. The Hall–Kier alpha value is -0.770. The SMILES string of the molecule is CCCC.CCOC(=O)/C=C(\C)CO[P+](=O)O. The standard InChI is InChI=1S/C7H11O5P.C4H10/c1-3-11-7(8)4-6(2)5-12-13(9)10;1-3-4-2/h4H,3,5H2,1-2H3;3-4H2,1-2H3/p+1/b6-4+;. The molecule has 0 bridgehead atoms. The zero-order valence-corrected chi connectivity index (χ0v) is 11.8. The highest BCUT2D eigenvalue weighted by molar-refractivity contribution is 7.32. The Labute approximate surface area is 104 Å². The molecule has 0 aliphatic rings. The quantitative estimate of drug-likeness (QED) is 0.454. The molecule has 5 nitrogen and oxygen atoms in total. The van der Waals surface area contributed by atoms with Crippen molar-refractivity contribution in [3.8, 4) is 0 Å². The fourth-order valence-electron chi connectivity index (χ4n) is 0.584. The third kappa shape index (κ3) is 17.8. The minimum atomic E-state index is -2.61. The van der Waals surface area contributed by atoms with E-state index in [1.165, 1.54) is 18.9 Å². The Morgan fingerprint density at radius 1 is 1.29 bits per heavy atom. The Morgan fingerprint density at radius 2 is 1.82 bits per heavy atom. The van der Waals surface area contributed by atoms with Crippen molar-refractivity contribution in [2.75, 3.05) is 13.2 Å². The van der Waals surface area contributed by atoms with Gasteiger partial charge in [-0.15, -0.1) is 9.42 Å². The number of unbranched alkanes of at least 4 members (excludes halogenated alkanes) is 1. The van der Waals surface area contributed by atoms with Crippen LogP contribution in [-0.4, -0.2) is 24.1 Å². The second-order valence-electron chi connectivity index (χ2n) is 3.25. The molecule has 0 rings (SSSR count). The van der Waals surface area contributed by atoms with E-state index < -0.39 is 14.2 Å². The largest absolute Gasteiger partial charge is 0.695 e. The van der Waals surface area contributed by atoms with Gasteiger partial charge in [-0.25, -0.2) is 4.79 Å². The summed E-state index contributed by atoms with van der Waals surface area (Å²) < 4.78 is 19.1. The van der Waals surface area contributed by atoms with Gasteiger partial charge in [0.1, 0.15) is 6.61 Å². The van der Waals surface area contributed by atoms with Crippen LogP contribution >= 0.6 is 8.25 Å². The van der Waals surface area contributed by atoms with Gasteiger partial charge in [-0.2, -0.15) is 0 Å². The van der Waals surface area contributed by atoms with Crippen molar-refractivity contribution in [3.63, 3.8) is 0 Å². The van der Waals surface area contributed by atoms with E-state index in [1.807, 2.05) is 0 Å². The molecule has 0 amide bonds. The lowest BCUT2D eigenvalue weighted by Gasteiger charge is -1.96. The predicted molar refractivity (Wildman–Crippen MR) is 66.7 cm³/mol. The van der Waals surface area contributed by atoms with Gasteiger partial charge < -0.3 is 4.74 Å². The van der Waals surface area contributed by atoms with Crippen LogP contribution in [0.15, 0.2) is 11.6 Å². The molecule has 0 heterocycles. The van der Waals surface area contributed by atoms with Crippen LogP contribution in [0.2, 0.25) is 0 Å². The molecule has 0 radical (unpaired) electrons. The molecule has 1 unspecified atom stereocenters. The first-order valence-electron chi connectivity index (χ1n) is 5.60. The third-order valence-corrected chi connectivity index (χ3v) is 1.90. The lowest BCUT2D eigenvalue weighted by atomic mass is 10.3. The van der Waals surface area contributed by atoms with E-state index in [9.17, 15) is 9.36 Å². The minimum Gasteiger partial charge on any atom is -0.463 e. The van der Waals surface area contributed by atoms with Crippen molar-refractivity contribution in [2.45, 2.75) is 40.5 Å². The summed E-state index contributed by atoms with van der Waals surface area (Å²) in [4.78, 5) is 19.1. The second kappa shape index (κ2) is 13.3. The first kappa shape index (κ1) is 18.6. The topological polar surface area (TPSA) is 72.8 Å². The molecule has 0 aliphatic carbocycles. The zero-order chi connectivity index (χ0) is 13.7. The summed E-state index contributed by atoms with van der Waals surface area (Å²) in [5.41, 5.74) is 0.538.